The van der Waals surface area contributed by atoms with E-state index in [1.54, 1.807) is 44.2 Å². The summed E-state index contributed by atoms with van der Waals surface area (Å²) in [4.78, 5) is 131. The number of carbonyl (C=O) groups excluding carboxylic acids is 9. The molecule has 1 aromatic rings. The lowest BCUT2D eigenvalue weighted by molar-refractivity contribution is -0.145. The molecule has 2 aliphatic rings. The molecule has 12 N–H and O–H groups in total. The number of nitrogens with one attached hydrogen (secondary N) is 5. The van der Waals surface area contributed by atoms with Gasteiger partial charge in [0.2, 0.25) is 53.2 Å². The summed E-state index contributed by atoms with van der Waals surface area (Å²) in [5.41, 5.74) is 17.1. The molecule has 2 heterocycles. The Labute approximate surface area is 347 Å². The number of aliphatic carboxylic acids is 1. The molecule has 0 spiro atoms. The highest BCUT2D eigenvalue weighted by Crippen LogP contribution is 2.22. The molecule has 2 fully saturated rings. The van der Waals surface area contributed by atoms with Crippen molar-refractivity contribution < 1.29 is 53.1 Å². The van der Waals surface area contributed by atoms with Crippen LogP contribution >= 0.6 is 0 Å². The van der Waals surface area contributed by atoms with Gasteiger partial charge in [-0.25, -0.2) is 0 Å². The van der Waals surface area contributed by atoms with Crippen molar-refractivity contribution in [3.05, 3.63) is 35.9 Å². The van der Waals surface area contributed by atoms with Crippen molar-refractivity contribution in [3.63, 3.8) is 0 Å². The maximum atomic E-state index is 13.9. The second kappa shape index (κ2) is 22.9. The average molecular weight is 843 g/mol. The molecule has 3 rings (SSSR count). The molecule has 0 bridgehead atoms. The van der Waals surface area contributed by atoms with Gasteiger partial charge in [-0.2, -0.15) is 0 Å². The first-order valence-electron chi connectivity index (χ1n) is 20.0. The van der Waals surface area contributed by atoms with Crippen LogP contribution in [-0.4, -0.2) is 136 Å². The van der Waals surface area contributed by atoms with Gasteiger partial charge in [-0.1, -0.05) is 50.6 Å². The second-order valence-corrected chi connectivity index (χ2v) is 15.2. The van der Waals surface area contributed by atoms with E-state index in [1.807, 2.05) is 0 Å². The van der Waals surface area contributed by atoms with Gasteiger partial charge in [0.25, 0.3) is 0 Å². The molecule has 1 aromatic carbocycles. The first kappa shape index (κ1) is 48.3. The molecular formula is C39H58N10O11. The fourth-order valence-corrected chi connectivity index (χ4v) is 7.03. The summed E-state index contributed by atoms with van der Waals surface area (Å²) < 4.78 is 0. The number of nitrogens with zero attached hydrogens (tertiary/aromatic N) is 2. The van der Waals surface area contributed by atoms with Gasteiger partial charge in [0.1, 0.15) is 36.3 Å². The lowest BCUT2D eigenvalue weighted by Gasteiger charge is -2.32. The van der Waals surface area contributed by atoms with Crippen LogP contribution in [0.3, 0.4) is 0 Å². The number of amides is 9. The van der Waals surface area contributed by atoms with E-state index >= 15 is 0 Å². The SMILES string of the molecule is CCC(C)C(NC(=O)C(CCC(N)=O)NC(=O)CNC(=O)C(Cc1ccccc1)NC(=O)C1CCCN1C(=O)C(N)CC(N)=O)C(=O)N1CCCC1C(=O)NC(C)C(=O)O. The van der Waals surface area contributed by atoms with E-state index in [0.717, 1.165) is 0 Å². The van der Waals surface area contributed by atoms with Crippen LogP contribution in [0.1, 0.15) is 77.7 Å². The number of carboxylic acid groups (broad SMARTS) is 1. The Balaban J connectivity index is 1.73. The fraction of sp³-hybridized carbons (Fsp3) is 0.590. The number of primary amides is 2. The number of hydrogen-bond donors (Lipinski definition) is 9. The lowest BCUT2D eigenvalue weighted by atomic mass is 9.96. The average Bonchev–Trinajstić information content (AvgIpc) is 3.91. The minimum atomic E-state index is -1.40. The summed E-state index contributed by atoms with van der Waals surface area (Å²) in [6.07, 6.45) is 0.855. The Morgan fingerprint density at radius 2 is 1.35 bits per heavy atom. The minimum Gasteiger partial charge on any atom is -0.480 e. The number of nitrogens with two attached hydrogens (primary N) is 3. The maximum Gasteiger partial charge on any atom is 0.325 e. The highest BCUT2D eigenvalue weighted by atomic mass is 16.4. The third-order valence-corrected chi connectivity index (χ3v) is 10.6. The largest absolute Gasteiger partial charge is 0.480 e. The van der Waals surface area contributed by atoms with E-state index in [1.165, 1.54) is 16.7 Å². The molecule has 8 unspecified atom stereocenters. The van der Waals surface area contributed by atoms with Crippen LogP contribution in [0.5, 0.6) is 0 Å². The van der Waals surface area contributed by atoms with Crippen molar-refractivity contribution >= 4 is 59.1 Å². The summed E-state index contributed by atoms with van der Waals surface area (Å²) in [7, 11) is 0. The van der Waals surface area contributed by atoms with Crippen LogP contribution in [0.2, 0.25) is 0 Å². The molecule has 2 aliphatic heterocycles. The third-order valence-electron chi connectivity index (χ3n) is 10.6. The van der Waals surface area contributed by atoms with Crippen molar-refractivity contribution in [3.8, 4) is 0 Å². The molecule has 21 nitrogen and oxygen atoms in total. The van der Waals surface area contributed by atoms with Gasteiger partial charge in [0.05, 0.1) is 19.0 Å². The second-order valence-electron chi connectivity index (χ2n) is 15.2. The molecular weight excluding hydrogens is 784 g/mol. The highest BCUT2D eigenvalue weighted by molar-refractivity contribution is 5.97. The zero-order chi connectivity index (χ0) is 44.7. The zero-order valence-electron chi connectivity index (χ0n) is 34.1. The summed E-state index contributed by atoms with van der Waals surface area (Å²) in [5.74, 6) is -8.28. The normalized spacial score (nSPS) is 19.1. The van der Waals surface area contributed by atoms with Gasteiger partial charge in [-0.15, -0.1) is 0 Å². The molecule has 21 heteroatoms. The van der Waals surface area contributed by atoms with Crippen LogP contribution in [0.25, 0.3) is 0 Å². The third kappa shape index (κ3) is 14.0. The van der Waals surface area contributed by atoms with Gasteiger partial charge in [-0.3, -0.25) is 47.9 Å². The molecule has 0 aromatic heterocycles. The fourth-order valence-electron chi connectivity index (χ4n) is 7.03. The number of likely N-dealkylation sites (tertiary alicyclic amines) is 2. The predicted octanol–water partition coefficient (Wildman–Crippen LogP) is -3.11. The molecule has 2 saturated heterocycles. The zero-order valence-corrected chi connectivity index (χ0v) is 34.1. The number of rotatable bonds is 22. The summed E-state index contributed by atoms with van der Waals surface area (Å²) in [5, 5.41) is 21.9. The van der Waals surface area contributed by atoms with Gasteiger partial charge in [-0.05, 0) is 50.5 Å². The Bertz CT molecular complexity index is 1760. The number of carbonyl (C=O) groups is 10. The molecule has 0 aliphatic carbocycles. The van der Waals surface area contributed by atoms with Gasteiger partial charge in [0.15, 0.2) is 0 Å². The summed E-state index contributed by atoms with van der Waals surface area (Å²) in [6, 6.07) is 0.463. The topological polar surface area (TPSA) is 336 Å². The van der Waals surface area contributed by atoms with Gasteiger partial charge < -0.3 is 58.7 Å². The van der Waals surface area contributed by atoms with E-state index in [-0.39, 0.29) is 45.2 Å². The molecule has 60 heavy (non-hydrogen) atoms. The Hall–Kier alpha value is -6.12. The number of benzene rings is 1. The lowest BCUT2D eigenvalue weighted by Crippen LogP contribution is -2.59. The summed E-state index contributed by atoms with van der Waals surface area (Å²) >= 11 is 0. The van der Waals surface area contributed by atoms with Gasteiger partial charge >= 0.3 is 5.97 Å². The van der Waals surface area contributed by atoms with E-state index < -0.39 is 120 Å². The van der Waals surface area contributed by atoms with Crippen molar-refractivity contribution in [1.29, 1.82) is 0 Å². The van der Waals surface area contributed by atoms with Crippen LogP contribution in [-0.2, 0) is 54.4 Å². The molecule has 9 amide bonds. The monoisotopic (exact) mass is 842 g/mol. The van der Waals surface area contributed by atoms with E-state index in [2.05, 4.69) is 26.6 Å². The summed E-state index contributed by atoms with van der Waals surface area (Å²) in [6.45, 7) is 4.48. The number of hydrogen-bond acceptors (Lipinski definition) is 11. The van der Waals surface area contributed by atoms with E-state index in [9.17, 15) is 53.1 Å². The molecule has 0 saturated carbocycles. The van der Waals surface area contributed by atoms with Gasteiger partial charge in [0, 0.05) is 25.9 Å². The highest BCUT2D eigenvalue weighted by Gasteiger charge is 2.41. The quantitative estimate of drug-likeness (QED) is 0.0560. The molecule has 0 radical (unpaired) electrons. The molecule has 330 valence electrons. The van der Waals surface area contributed by atoms with E-state index in [0.29, 0.717) is 24.8 Å². The van der Waals surface area contributed by atoms with Crippen molar-refractivity contribution in [2.45, 2.75) is 121 Å². The Morgan fingerprint density at radius 1 is 0.767 bits per heavy atom. The van der Waals surface area contributed by atoms with Crippen molar-refractivity contribution in [2.75, 3.05) is 19.6 Å². The maximum absolute atomic E-state index is 13.9. The van der Waals surface area contributed by atoms with Crippen molar-refractivity contribution in [1.82, 2.24) is 36.4 Å². The van der Waals surface area contributed by atoms with E-state index in [4.69, 9.17) is 17.2 Å². The predicted molar refractivity (Wildman–Crippen MR) is 213 cm³/mol. The van der Waals surface area contributed by atoms with Crippen LogP contribution < -0.4 is 43.8 Å². The van der Waals surface area contributed by atoms with Crippen LogP contribution in [0, 0.1) is 5.92 Å². The number of carboxylic acids is 1. The van der Waals surface area contributed by atoms with Crippen LogP contribution in [0.4, 0.5) is 0 Å². The molecule has 8 atom stereocenters. The minimum absolute atomic E-state index is 0.00528. The first-order chi connectivity index (χ1) is 28.3. The van der Waals surface area contributed by atoms with Crippen LogP contribution in [0.15, 0.2) is 30.3 Å². The standard InChI is InChI=1S/C39H58N10O11/c1-4-21(2)32(38(58)49-17-9-12-27(49)35(55)44-22(3)39(59)60)47-34(54)25(14-15-29(41)50)45-31(52)20-43-33(53)26(18-23-10-6-5-7-11-23)46-36(56)28-13-8-16-48(28)37(57)24(40)19-30(42)51/h5-7,10-11,21-22,24-28,32H,4,8-9,12-20,40H2,1-3H3,(H2,41,50)(H2,42,51)(H,43,53)(H,44,55)(H,45,52)(H,46,56)(H,47,54)(H,59,60). The smallest absolute Gasteiger partial charge is 0.325 e. The Kier molecular flexibility index (Phi) is 18.4. The first-order valence-corrected chi connectivity index (χ1v) is 20.0. The van der Waals surface area contributed by atoms with Crippen molar-refractivity contribution in [2.24, 2.45) is 23.1 Å². The Morgan fingerprint density at radius 3 is 1.90 bits per heavy atom.